The van der Waals surface area contributed by atoms with E-state index in [9.17, 15) is 9.59 Å². The highest BCUT2D eigenvalue weighted by Gasteiger charge is 2.12. The van der Waals surface area contributed by atoms with Gasteiger partial charge in [0.05, 0.1) is 37.6 Å². The van der Waals surface area contributed by atoms with Crippen LogP contribution in [0.3, 0.4) is 0 Å². The lowest BCUT2D eigenvalue weighted by atomic mass is 10.2. The van der Waals surface area contributed by atoms with E-state index in [1.807, 2.05) is 12.1 Å². The highest BCUT2D eigenvalue weighted by atomic mass is 16.6. The Morgan fingerprint density at radius 2 is 0.969 bits per heavy atom. The van der Waals surface area contributed by atoms with Crippen LogP contribution in [0.2, 0.25) is 0 Å². The Morgan fingerprint density at radius 3 is 1.44 bits per heavy atom. The summed E-state index contributed by atoms with van der Waals surface area (Å²) in [6.07, 6.45) is 3.56. The maximum absolute atomic E-state index is 12.5. The predicted molar refractivity (Wildman–Crippen MR) is 119 cm³/mol. The highest BCUT2D eigenvalue weighted by Crippen LogP contribution is 2.18. The molecule has 0 unspecified atom stereocenters. The monoisotopic (exact) mass is 440 g/mol. The molecule has 1 aliphatic heterocycles. The Labute approximate surface area is 187 Å². The summed E-state index contributed by atoms with van der Waals surface area (Å²) in [7, 11) is 0. The molecule has 0 saturated carbocycles. The molecular formula is C24H28N2O6. The van der Waals surface area contributed by atoms with Crippen LogP contribution in [0.5, 0.6) is 11.5 Å². The van der Waals surface area contributed by atoms with Crippen molar-refractivity contribution < 1.29 is 28.5 Å². The fraction of sp³-hybridized carbons (Fsp3) is 0.333. The first kappa shape index (κ1) is 23.3. The molecule has 2 N–H and O–H groups in total. The zero-order valence-electron chi connectivity index (χ0n) is 17.9. The molecule has 2 aromatic rings. The summed E-state index contributed by atoms with van der Waals surface area (Å²) in [6, 6.07) is 14.1. The van der Waals surface area contributed by atoms with Crippen LogP contribution < -0.4 is 20.1 Å². The van der Waals surface area contributed by atoms with E-state index in [0.29, 0.717) is 75.4 Å². The van der Waals surface area contributed by atoms with Crippen LogP contribution >= 0.6 is 0 Å². The molecule has 170 valence electrons. The van der Waals surface area contributed by atoms with Crippen LogP contribution in [-0.2, 0) is 9.47 Å². The van der Waals surface area contributed by atoms with Crippen LogP contribution in [-0.4, -0.2) is 64.5 Å². The molecule has 0 aromatic heterocycles. The molecule has 3 rings (SSSR count). The number of ether oxygens (including phenoxy) is 4. The van der Waals surface area contributed by atoms with Gasteiger partial charge >= 0.3 is 0 Å². The van der Waals surface area contributed by atoms with Crippen LogP contribution in [0.4, 0.5) is 0 Å². The largest absolute Gasteiger partial charge is 0.490 e. The summed E-state index contributed by atoms with van der Waals surface area (Å²) in [4.78, 5) is 25.0. The van der Waals surface area contributed by atoms with E-state index < -0.39 is 0 Å². The first-order chi connectivity index (χ1) is 15.8. The zero-order chi connectivity index (χ0) is 22.4. The minimum Gasteiger partial charge on any atom is -0.490 e. The van der Waals surface area contributed by atoms with Crippen molar-refractivity contribution in [1.82, 2.24) is 10.6 Å². The van der Waals surface area contributed by atoms with Gasteiger partial charge in [0.2, 0.25) is 0 Å². The number of hydrogen-bond acceptors (Lipinski definition) is 6. The van der Waals surface area contributed by atoms with Crippen molar-refractivity contribution in [2.24, 2.45) is 0 Å². The summed E-state index contributed by atoms with van der Waals surface area (Å²) >= 11 is 0. The van der Waals surface area contributed by atoms with Gasteiger partial charge in [-0.15, -0.1) is 0 Å². The quantitative estimate of drug-likeness (QED) is 0.610. The number of hydrogen-bond donors (Lipinski definition) is 2. The molecule has 32 heavy (non-hydrogen) atoms. The molecule has 0 atom stereocenters. The lowest BCUT2D eigenvalue weighted by molar-refractivity contribution is 0.0272. The first-order valence-electron chi connectivity index (χ1n) is 10.6. The van der Waals surface area contributed by atoms with Gasteiger partial charge in [0.15, 0.2) is 0 Å². The summed E-state index contributed by atoms with van der Waals surface area (Å²) in [5.74, 6) is 0.520. The van der Waals surface area contributed by atoms with E-state index in [-0.39, 0.29) is 11.8 Å². The van der Waals surface area contributed by atoms with Crippen LogP contribution in [0.1, 0.15) is 20.7 Å². The lowest BCUT2D eigenvalue weighted by Crippen LogP contribution is -2.26. The molecule has 1 aliphatic rings. The Kier molecular flexibility index (Phi) is 9.57. The van der Waals surface area contributed by atoms with Gasteiger partial charge in [-0.1, -0.05) is 36.4 Å². The van der Waals surface area contributed by atoms with Crippen molar-refractivity contribution in [3.8, 4) is 11.5 Å². The summed E-state index contributed by atoms with van der Waals surface area (Å²) in [5.41, 5.74) is 0.910. The minimum atomic E-state index is -0.239. The van der Waals surface area contributed by atoms with Gasteiger partial charge in [0.1, 0.15) is 24.7 Å². The Hall–Kier alpha value is -3.36. The average Bonchev–Trinajstić information content (AvgIpc) is 2.82. The third-order valence-corrected chi connectivity index (χ3v) is 4.53. The second-order valence-corrected chi connectivity index (χ2v) is 6.81. The maximum Gasteiger partial charge on any atom is 0.255 e. The van der Waals surface area contributed by atoms with E-state index in [0.717, 1.165) is 0 Å². The summed E-state index contributed by atoms with van der Waals surface area (Å²) < 4.78 is 22.4. The van der Waals surface area contributed by atoms with E-state index in [1.165, 1.54) is 0 Å². The van der Waals surface area contributed by atoms with E-state index in [1.54, 1.807) is 48.6 Å². The van der Waals surface area contributed by atoms with E-state index in [2.05, 4.69) is 10.6 Å². The number of amides is 2. The fourth-order valence-corrected chi connectivity index (χ4v) is 2.96. The SMILES string of the molecule is O=C1NC/C=C/CNC(=O)c2ccccc2OCCOCCOCCOc2ccccc21. The van der Waals surface area contributed by atoms with Crippen molar-refractivity contribution in [1.29, 1.82) is 0 Å². The lowest BCUT2D eigenvalue weighted by Gasteiger charge is -2.13. The number of carbonyl (C=O) groups excluding carboxylic acids is 2. The number of rotatable bonds is 0. The second-order valence-electron chi connectivity index (χ2n) is 6.81. The Balaban J connectivity index is 1.62. The number of para-hydroxylation sites is 2. The number of benzene rings is 2. The molecule has 2 amide bonds. The number of nitrogens with one attached hydrogen (secondary N) is 2. The number of fused-ring (bicyclic) bond motifs is 2. The molecule has 0 fully saturated rings. The van der Waals surface area contributed by atoms with Gasteiger partial charge in [-0.25, -0.2) is 0 Å². The molecule has 0 spiro atoms. The molecule has 0 bridgehead atoms. The van der Waals surface area contributed by atoms with Gasteiger partial charge in [-0.3, -0.25) is 9.59 Å². The Morgan fingerprint density at radius 1 is 0.562 bits per heavy atom. The van der Waals surface area contributed by atoms with Gasteiger partial charge in [0.25, 0.3) is 11.8 Å². The first-order valence-corrected chi connectivity index (χ1v) is 10.6. The predicted octanol–water partition coefficient (Wildman–Crippen LogP) is 2.21. The van der Waals surface area contributed by atoms with E-state index in [4.69, 9.17) is 18.9 Å². The Bertz CT molecular complexity index is 841. The number of carbonyl (C=O) groups is 2. The minimum absolute atomic E-state index is 0.239. The molecule has 8 nitrogen and oxygen atoms in total. The van der Waals surface area contributed by atoms with Crippen molar-refractivity contribution in [2.75, 3.05) is 52.7 Å². The van der Waals surface area contributed by atoms with Crippen molar-refractivity contribution in [2.45, 2.75) is 0 Å². The maximum atomic E-state index is 12.5. The molecule has 8 heteroatoms. The van der Waals surface area contributed by atoms with Crippen molar-refractivity contribution in [3.63, 3.8) is 0 Å². The fourth-order valence-electron chi connectivity index (χ4n) is 2.96. The van der Waals surface area contributed by atoms with Crippen molar-refractivity contribution >= 4 is 11.8 Å². The van der Waals surface area contributed by atoms with Gasteiger partial charge < -0.3 is 29.6 Å². The average molecular weight is 440 g/mol. The topological polar surface area (TPSA) is 95.1 Å². The molecule has 0 radical (unpaired) electrons. The summed E-state index contributed by atoms with van der Waals surface area (Å²) in [6.45, 7) is 2.88. The van der Waals surface area contributed by atoms with Crippen molar-refractivity contribution in [3.05, 3.63) is 71.8 Å². The molecule has 2 aromatic carbocycles. The van der Waals surface area contributed by atoms with Crippen LogP contribution in [0.25, 0.3) is 0 Å². The molecular weight excluding hydrogens is 412 g/mol. The van der Waals surface area contributed by atoms with Gasteiger partial charge in [-0.2, -0.15) is 0 Å². The van der Waals surface area contributed by atoms with Crippen LogP contribution in [0.15, 0.2) is 60.7 Å². The van der Waals surface area contributed by atoms with Crippen LogP contribution in [0, 0.1) is 0 Å². The van der Waals surface area contributed by atoms with E-state index >= 15 is 0 Å². The highest BCUT2D eigenvalue weighted by molar-refractivity contribution is 5.97. The third kappa shape index (κ3) is 7.40. The standard InChI is InChI=1S/C24H28N2O6/c27-23-19-7-1-3-9-21(19)31-17-15-29-13-14-30-16-18-32-22-10-4-2-8-20(22)24(28)26-12-6-5-11-25-23/h1-10H,11-18H2,(H,25,27)(H,26,28)/b6-5+. The smallest absolute Gasteiger partial charge is 0.255 e. The molecule has 0 saturated heterocycles. The third-order valence-electron chi connectivity index (χ3n) is 4.53. The van der Waals surface area contributed by atoms with Gasteiger partial charge in [0, 0.05) is 13.1 Å². The molecule has 0 aliphatic carbocycles. The molecule has 1 heterocycles. The van der Waals surface area contributed by atoms with Gasteiger partial charge in [-0.05, 0) is 24.3 Å². The summed E-state index contributed by atoms with van der Waals surface area (Å²) in [5, 5.41) is 5.63. The second kappa shape index (κ2) is 13.1. The normalized spacial score (nSPS) is 18.1. The zero-order valence-corrected chi connectivity index (χ0v) is 17.9.